The van der Waals surface area contributed by atoms with Gasteiger partial charge in [0.1, 0.15) is 0 Å². The SMILES string of the molecule is C=CC1=CC(CC(O)C(O)C(C)CC/C(C)=C/C)C2(CCCN=C2C)CC1. The van der Waals surface area contributed by atoms with Crippen molar-refractivity contribution in [2.24, 2.45) is 22.2 Å². The van der Waals surface area contributed by atoms with E-state index >= 15 is 0 Å². The Kier molecular flexibility index (Phi) is 8.05. The van der Waals surface area contributed by atoms with Gasteiger partial charge in [0.05, 0.1) is 12.2 Å². The van der Waals surface area contributed by atoms with Crippen LogP contribution in [0.5, 0.6) is 0 Å². The Bertz CT molecular complexity index is 604. The summed E-state index contributed by atoms with van der Waals surface area (Å²) >= 11 is 0. The maximum absolute atomic E-state index is 10.9. The molecule has 0 saturated carbocycles. The standard InChI is InChI=1S/C24H39NO2/c1-6-17(3)9-10-18(4)23(27)22(26)16-21-15-20(7-2)11-13-24(21)12-8-14-25-19(24)5/h6-7,15,18,21-23,26-27H,2,8-14,16H2,1,3-5H3/b17-6+. The molecule has 2 rings (SSSR count). The molecule has 152 valence electrons. The van der Waals surface area contributed by atoms with Crippen LogP contribution in [0.3, 0.4) is 0 Å². The Morgan fingerprint density at radius 3 is 2.78 bits per heavy atom. The van der Waals surface area contributed by atoms with Crippen LogP contribution in [0, 0.1) is 17.3 Å². The van der Waals surface area contributed by atoms with Crippen LogP contribution in [0.2, 0.25) is 0 Å². The molecule has 0 fully saturated rings. The van der Waals surface area contributed by atoms with Crippen LogP contribution in [0.25, 0.3) is 0 Å². The molecule has 5 atom stereocenters. The second-order valence-electron chi connectivity index (χ2n) is 8.72. The smallest absolute Gasteiger partial charge is 0.0824 e. The first-order valence-corrected chi connectivity index (χ1v) is 10.7. The van der Waals surface area contributed by atoms with Gasteiger partial charge < -0.3 is 10.2 Å². The van der Waals surface area contributed by atoms with Crippen LogP contribution in [0.1, 0.15) is 72.6 Å². The quantitative estimate of drug-likeness (QED) is 0.571. The average Bonchev–Trinajstić information content (AvgIpc) is 2.68. The van der Waals surface area contributed by atoms with E-state index in [1.807, 2.05) is 19.9 Å². The van der Waals surface area contributed by atoms with Gasteiger partial charge in [0.15, 0.2) is 0 Å². The maximum atomic E-state index is 10.9. The molecule has 0 amide bonds. The van der Waals surface area contributed by atoms with Gasteiger partial charge in [0, 0.05) is 17.7 Å². The van der Waals surface area contributed by atoms with Crippen LogP contribution >= 0.6 is 0 Å². The third kappa shape index (κ3) is 5.20. The normalized spacial score (nSPS) is 29.7. The summed E-state index contributed by atoms with van der Waals surface area (Å²) in [5.74, 6) is 0.302. The summed E-state index contributed by atoms with van der Waals surface area (Å²) in [7, 11) is 0. The van der Waals surface area contributed by atoms with Crippen molar-refractivity contribution in [3.05, 3.63) is 36.0 Å². The molecule has 5 unspecified atom stereocenters. The number of allylic oxidation sites excluding steroid dienone is 5. The Balaban J connectivity index is 2.12. The molecular weight excluding hydrogens is 334 g/mol. The zero-order chi connectivity index (χ0) is 20.0. The molecule has 2 N–H and O–H groups in total. The van der Waals surface area contributed by atoms with Gasteiger partial charge in [-0.05, 0) is 77.6 Å². The van der Waals surface area contributed by atoms with E-state index in [9.17, 15) is 10.2 Å². The molecule has 0 saturated heterocycles. The minimum atomic E-state index is -0.706. The zero-order valence-electron chi connectivity index (χ0n) is 17.7. The topological polar surface area (TPSA) is 52.8 Å². The highest BCUT2D eigenvalue weighted by atomic mass is 16.3. The Hall–Kier alpha value is -1.19. The molecule has 3 heteroatoms. The van der Waals surface area contributed by atoms with Gasteiger partial charge in [0.25, 0.3) is 0 Å². The number of nitrogens with zero attached hydrogens (tertiary/aromatic N) is 1. The van der Waals surface area contributed by atoms with Crippen LogP contribution in [0.4, 0.5) is 0 Å². The molecule has 27 heavy (non-hydrogen) atoms. The molecule has 1 heterocycles. The lowest BCUT2D eigenvalue weighted by Gasteiger charge is -2.46. The summed E-state index contributed by atoms with van der Waals surface area (Å²) in [5.41, 5.74) is 3.89. The molecule has 1 spiro atoms. The highest BCUT2D eigenvalue weighted by Gasteiger charge is 2.44. The van der Waals surface area contributed by atoms with Gasteiger partial charge in [-0.1, -0.05) is 42.9 Å². The molecule has 0 radical (unpaired) electrons. The first-order chi connectivity index (χ1) is 12.8. The summed E-state index contributed by atoms with van der Waals surface area (Å²) in [6.45, 7) is 13.2. The second kappa shape index (κ2) is 9.84. The average molecular weight is 374 g/mol. The van der Waals surface area contributed by atoms with Crippen LogP contribution in [0.15, 0.2) is 40.9 Å². The zero-order valence-corrected chi connectivity index (χ0v) is 17.7. The molecule has 1 aliphatic carbocycles. The highest BCUT2D eigenvalue weighted by Crippen LogP contribution is 2.48. The lowest BCUT2D eigenvalue weighted by atomic mass is 9.60. The van der Waals surface area contributed by atoms with Crippen LogP contribution in [-0.4, -0.2) is 34.7 Å². The van der Waals surface area contributed by atoms with Gasteiger partial charge in [-0.2, -0.15) is 0 Å². The monoisotopic (exact) mass is 373 g/mol. The fraction of sp³-hybridized carbons (Fsp3) is 0.708. The van der Waals surface area contributed by atoms with Crippen molar-refractivity contribution in [1.82, 2.24) is 0 Å². The van der Waals surface area contributed by atoms with E-state index < -0.39 is 12.2 Å². The van der Waals surface area contributed by atoms with Crippen molar-refractivity contribution in [2.75, 3.05) is 6.54 Å². The molecule has 3 nitrogen and oxygen atoms in total. The van der Waals surface area contributed by atoms with E-state index in [0.29, 0.717) is 6.42 Å². The maximum Gasteiger partial charge on any atom is 0.0824 e. The molecule has 0 bridgehead atoms. The van der Waals surface area contributed by atoms with Crippen LogP contribution < -0.4 is 0 Å². The van der Waals surface area contributed by atoms with Crippen molar-refractivity contribution in [3.8, 4) is 0 Å². The molecule has 0 aromatic rings. The van der Waals surface area contributed by atoms with Crippen LogP contribution in [-0.2, 0) is 0 Å². The molecular formula is C24H39NO2. The third-order valence-electron chi connectivity index (χ3n) is 7.06. The minimum absolute atomic E-state index is 0.0518. The van der Waals surface area contributed by atoms with Crippen molar-refractivity contribution in [2.45, 2.75) is 84.8 Å². The summed E-state index contributed by atoms with van der Waals surface area (Å²) in [6, 6.07) is 0. The summed E-state index contributed by atoms with van der Waals surface area (Å²) < 4.78 is 0. The van der Waals surface area contributed by atoms with Gasteiger partial charge in [-0.25, -0.2) is 0 Å². The number of aliphatic hydroxyl groups is 2. The van der Waals surface area contributed by atoms with Crippen molar-refractivity contribution >= 4 is 5.71 Å². The first kappa shape index (κ1) is 22.1. The Morgan fingerprint density at radius 2 is 2.15 bits per heavy atom. The predicted molar refractivity (Wildman–Crippen MR) is 115 cm³/mol. The Labute approximate surface area is 166 Å². The summed E-state index contributed by atoms with van der Waals surface area (Å²) in [4.78, 5) is 4.76. The van der Waals surface area contributed by atoms with E-state index in [2.05, 4.69) is 32.6 Å². The second-order valence-corrected chi connectivity index (χ2v) is 8.72. The van der Waals surface area contributed by atoms with Crippen molar-refractivity contribution < 1.29 is 10.2 Å². The van der Waals surface area contributed by atoms with E-state index in [-0.39, 0.29) is 17.3 Å². The Morgan fingerprint density at radius 1 is 1.41 bits per heavy atom. The molecule has 0 aromatic heterocycles. The number of aliphatic hydroxyl groups excluding tert-OH is 2. The molecule has 0 aromatic carbocycles. The first-order valence-electron chi connectivity index (χ1n) is 10.7. The number of hydrogen-bond acceptors (Lipinski definition) is 3. The third-order valence-corrected chi connectivity index (χ3v) is 7.06. The fourth-order valence-electron chi connectivity index (χ4n) is 4.81. The summed E-state index contributed by atoms with van der Waals surface area (Å²) in [5, 5.41) is 21.6. The largest absolute Gasteiger partial charge is 0.390 e. The van der Waals surface area contributed by atoms with E-state index in [1.54, 1.807) is 0 Å². The van der Waals surface area contributed by atoms with E-state index in [0.717, 1.165) is 45.1 Å². The molecule has 1 aliphatic heterocycles. The number of hydrogen-bond donors (Lipinski definition) is 2. The highest BCUT2D eigenvalue weighted by molar-refractivity contribution is 5.89. The van der Waals surface area contributed by atoms with E-state index in [4.69, 9.17) is 4.99 Å². The molecule has 2 aliphatic rings. The van der Waals surface area contributed by atoms with Crippen molar-refractivity contribution in [1.29, 1.82) is 0 Å². The lowest BCUT2D eigenvalue weighted by Crippen LogP contribution is -2.44. The van der Waals surface area contributed by atoms with Gasteiger partial charge in [-0.15, -0.1) is 0 Å². The van der Waals surface area contributed by atoms with Gasteiger partial charge in [0.2, 0.25) is 0 Å². The van der Waals surface area contributed by atoms with Gasteiger partial charge >= 0.3 is 0 Å². The number of aliphatic imine (C=N–C) groups is 1. The minimum Gasteiger partial charge on any atom is -0.390 e. The fourth-order valence-corrected chi connectivity index (χ4v) is 4.81. The van der Waals surface area contributed by atoms with Crippen molar-refractivity contribution in [3.63, 3.8) is 0 Å². The number of rotatable bonds is 8. The predicted octanol–water partition coefficient (Wildman–Crippen LogP) is 5.24. The van der Waals surface area contributed by atoms with Gasteiger partial charge in [-0.3, -0.25) is 4.99 Å². The lowest BCUT2D eigenvalue weighted by molar-refractivity contribution is -0.0309. The van der Waals surface area contributed by atoms with E-state index in [1.165, 1.54) is 16.9 Å². The summed E-state index contributed by atoms with van der Waals surface area (Å²) in [6.07, 6.45) is 11.8.